The number of benzene rings is 2. The molecule has 174 valence electrons. The van der Waals surface area contributed by atoms with Crippen LogP contribution in [0.4, 0.5) is 0 Å². The molecule has 2 aromatic rings. The number of hydrogen-bond acceptors (Lipinski definition) is 5. The number of hydrogen-bond donors (Lipinski definition) is 1. The summed E-state index contributed by atoms with van der Waals surface area (Å²) in [5.41, 5.74) is 0.868. The van der Waals surface area contributed by atoms with Gasteiger partial charge in [0.15, 0.2) is 0 Å². The van der Waals surface area contributed by atoms with Gasteiger partial charge in [0.25, 0.3) is 0 Å². The summed E-state index contributed by atoms with van der Waals surface area (Å²) >= 11 is 5.79. The minimum Gasteiger partial charge on any atom is -0.355 e. The molecule has 0 spiro atoms. The van der Waals surface area contributed by atoms with E-state index in [2.05, 4.69) is 5.32 Å². The minimum absolute atomic E-state index is 0.0566. The van der Waals surface area contributed by atoms with Crippen LogP contribution in [-0.4, -0.2) is 64.6 Å². The van der Waals surface area contributed by atoms with Gasteiger partial charge >= 0.3 is 0 Å². The molecule has 1 aliphatic heterocycles. The fraction of sp³-hybridized carbons (Fsp3) is 0.381. The molecule has 1 aliphatic rings. The van der Waals surface area contributed by atoms with E-state index in [9.17, 15) is 21.6 Å². The molecule has 1 amide bonds. The first-order valence-corrected chi connectivity index (χ1v) is 13.4. The second-order valence-electron chi connectivity index (χ2n) is 7.57. The maximum atomic E-state index is 12.6. The van der Waals surface area contributed by atoms with Crippen molar-refractivity contribution < 1.29 is 21.6 Å². The topological polar surface area (TPSA) is 104 Å². The quantitative estimate of drug-likeness (QED) is 0.569. The van der Waals surface area contributed by atoms with E-state index in [1.54, 1.807) is 24.3 Å². The highest BCUT2D eigenvalue weighted by Gasteiger charge is 2.27. The Morgan fingerprint density at radius 1 is 0.969 bits per heavy atom. The SMILES string of the molecule is CN(CC(=O)NCCc1ccc(S(=O)(=O)N2CCCC2)cc1)S(=O)(=O)c1ccc(Cl)cc1. The first-order valence-electron chi connectivity index (χ1n) is 10.2. The Bertz CT molecular complexity index is 1140. The van der Waals surface area contributed by atoms with Crippen molar-refractivity contribution in [2.75, 3.05) is 33.2 Å². The lowest BCUT2D eigenvalue weighted by Crippen LogP contribution is -2.39. The smallest absolute Gasteiger partial charge is 0.243 e. The molecule has 0 atom stereocenters. The second-order valence-corrected chi connectivity index (χ2v) is 12.0. The Kier molecular flexibility index (Phi) is 7.94. The maximum absolute atomic E-state index is 12.6. The number of sulfonamides is 2. The van der Waals surface area contributed by atoms with Gasteiger partial charge in [0.2, 0.25) is 26.0 Å². The molecular formula is C21H26ClN3O5S2. The van der Waals surface area contributed by atoms with Gasteiger partial charge in [-0.05, 0) is 61.2 Å². The summed E-state index contributed by atoms with van der Waals surface area (Å²) in [6, 6.07) is 12.3. The van der Waals surface area contributed by atoms with Crippen molar-refractivity contribution in [3.05, 3.63) is 59.1 Å². The number of nitrogens with zero attached hydrogens (tertiary/aromatic N) is 2. The van der Waals surface area contributed by atoms with Crippen LogP contribution in [-0.2, 0) is 31.3 Å². The van der Waals surface area contributed by atoms with Gasteiger partial charge in [-0.2, -0.15) is 8.61 Å². The van der Waals surface area contributed by atoms with Crippen LogP contribution in [0.2, 0.25) is 5.02 Å². The van der Waals surface area contributed by atoms with Crippen molar-refractivity contribution in [2.24, 2.45) is 0 Å². The summed E-state index contributed by atoms with van der Waals surface area (Å²) in [6.45, 7) is 1.08. The zero-order valence-corrected chi connectivity index (χ0v) is 20.1. The standard InChI is InChI=1S/C21H26ClN3O5S2/c1-24(31(27,28)19-10-6-18(22)7-11-19)16-21(26)23-13-12-17-4-8-20(9-5-17)32(29,30)25-14-2-3-15-25/h4-11H,2-3,12-16H2,1H3,(H,23,26). The van der Waals surface area contributed by atoms with E-state index >= 15 is 0 Å². The average Bonchev–Trinajstić information content (AvgIpc) is 3.30. The van der Waals surface area contributed by atoms with Crippen LogP contribution >= 0.6 is 11.6 Å². The molecule has 1 fully saturated rings. The summed E-state index contributed by atoms with van der Waals surface area (Å²) in [6.07, 6.45) is 2.25. The molecule has 1 N–H and O–H groups in total. The van der Waals surface area contributed by atoms with Gasteiger partial charge in [-0.15, -0.1) is 0 Å². The molecule has 1 heterocycles. The van der Waals surface area contributed by atoms with Crippen molar-refractivity contribution in [1.29, 1.82) is 0 Å². The van der Waals surface area contributed by atoms with Gasteiger partial charge in [0.1, 0.15) is 0 Å². The normalized spacial score (nSPS) is 15.2. The Balaban J connectivity index is 1.49. The number of halogens is 1. The molecule has 32 heavy (non-hydrogen) atoms. The third-order valence-corrected chi connectivity index (χ3v) is 9.23. The predicted molar refractivity (Wildman–Crippen MR) is 122 cm³/mol. The first kappa shape index (κ1) is 24.7. The lowest BCUT2D eigenvalue weighted by Gasteiger charge is -2.17. The zero-order chi connectivity index (χ0) is 23.4. The molecule has 3 rings (SSSR count). The van der Waals surface area contributed by atoms with Crippen molar-refractivity contribution in [3.63, 3.8) is 0 Å². The molecule has 0 unspecified atom stereocenters. The summed E-state index contributed by atoms with van der Waals surface area (Å²) in [7, 11) is -5.91. The van der Waals surface area contributed by atoms with E-state index in [4.69, 9.17) is 11.6 Å². The van der Waals surface area contributed by atoms with Crippen LogP contribution in [0.15, 0.2) is 58.3 Å². The van der Waals surface area contributed by atoms with E-state index in [0.717, 1.165) is 22.7 Å². The van der Waals surface area contributed by atoms with Gasteiger partial charge in [0.05, 0.1) is 16.3 Å². The Morgan fingerprint density at radius 2 is 1.53 bits per heavy atom. The predicted octanol–water partition coefficient (Wildman–Crippen LogP) is 2.10. The lowest BCUT2D eigenvalue weighted by atomic mass is 10.1. The second kappa shape index (κ2) is 10.3. The third-order valence-electron chi connectivity index (χ3n) is 5.25. The van der Waals surface area contributed by atoms with E-state index in [-0.39, 0.29) is 16.3 Å². The highest BCUT2D eigenvalue weighted by molar-refractivity contribution is 7.89. The van der Waals surface area contributed by atoms with Gasteiger partial charge in [-0.1, -0.05) is 23.7 Å². The summed E-state index contributed by atoms with van der Waals surface area (Å²) in [4.78, 5) is 12.5. The Morgan fingerprint density at radius 3 is 2.12 bits per heavy atom. The fourth-order valence-corrected chi connectivity index (χ4v) is 6.15. The van der Waals surface area contributed by atoms with Crippen LogP contribution in [0.25, 0.3) is 0 Å². The summed E-state index contributed by atoms with van der Waals surface area (Å²) in [5, 5.41) is 3.11. The summed E-state index contributed by atoms with van der Waals surface area (Å²) < 4.78 is 52.7. The van der Waals surface area contributed by atoms with Gasteiger partial charge in [-0.3, -0.25) is 4.79 Å². The van der Waals surface area contributed by atoms with E-state index in [1.165, 1.54) is 35.6 Å². The first-order chi connectivity index (χ1) is 15.1. The molecule has 0 bridgehead atoms. The molecule has 0 aromatic heterocycles. The van der Waals surface area contributed by atoms with Gasteiger partial charge in [0, 0.05) is 31.7 Å². The highest BCUT2D eigenvalue weighted by atomic mass is 35.5. The number of carbonyl (C=O) groups is 1. The van der Waals surface area contributed by atoms with E-state index in [0.29, 0.717) is 31.1 Å². The van der Waals surface area contributed by atoms with Crippen molar-refractivity contribution in [2.45, 2.75) is 29.1 Å². The van der Waals surface area contributed by atoms with Crippen LogP contribution in [0, 0.1) is 0 Å². The Hall–Kier alpha value is -1.98. The zero-order valence-electron chi connectivity index (χ0n) is 17.7. The van der Waals surface area contributed by atoms with E-state index < -0.39 is 26.0 Å². The minimum atomic E-state index is -3.80. The van der Waals surface area contributed by atoms with E-state index in [1.807, 2.05) is 0 Å². The van der Waals surface area contributed by atoms with Crippen LogP contribution in [0.5, 0.6) is 0 Å². The van der Waals surface area contributed by atoms with Crippen LogP contribution in [0.3, 0.4) is 0 Å². The maximum Gasteiger partial charge on any atom is 0.243 e. The largest absolute Gasteiger partial charge is 0.355 e. The molecular weight excluding hydrogens is 474 g/mol. The number of amides is 1. The van der Waals surface area contributed by atoms with Crippen molar-refractivity contribution >= 4 is 37.6 Å². The van der Waals surface area contributed by atoms with Crippen LogP contribution in [0.1, 0.15) is 18.4 Å². The number of carbonyl (C=O) groups excluding carboxylic acids is 1. The summed E-state index contributed by atoms with van der Waals surface area (Å²) in [5.74, 6) is -0.432. The Labute approximate surface area is 194 Å². The third kappa shape index (κ3) is 5.87. The number of likely N-dealkylation sites (N-methyl/N-ethyl adjacent to an activating group) is 1. The molecule has 0 aliphatic carbocycles. The monoisotopic (exact) mass is 499 g/mol. The molecule has 0 radical (unpaired) electrons. The molecule has 0 saturated carbocycles. The number of rotatable bonds is 9. The van der Waals surface area contributed by atoms with Crippen molar-refractivity contribution in [1.82, 2.24) is 13.9 Å². The lowest BCUT2D eigenvalue weighted by molar-refractivity contribution is -0.121. The molecule has 2 aromatic carbocycles. The number of nitrogens with one attached hydrogen (secondary N) is 1. The van der Waals surface area contributed by atoms with Crippen molar-refractivity contribution in [3.8, 4) is 0 Å². The van der Waals surface area contributed by atoms with Gasteiger partial charge in [-0.25, -0.2) is 16.8 Å². The molecule has 11 heteroatoms. The molecule has 8 nitrogen and oxygen atoms in total. The fourth-order valence-electron chi connectivity index (χ4n) is 3.38. The molecule has 1 saturated heterocycles. The van der Waals surface area contributed by atoms with Gasteiger partial charge < -0.3 is 5.32 Å². The average molecular weight is 500 g/mol. The van der Waals surface area contributed by atoms with Crippen LogP contribution < -0.4 is 5.32 Å². The highest BCUT2D eigenvalue weighted by Crippen LogP contribution is 2.21.